The molecule has 2 aliphatic carbocycles. The summed E-state index contributed by atoms with van der Waals surface area (Å²) in [6, 6.07) is 0. The van der Waals surface area contributed by atoms with Crippen molar-refractivity contribution in [1.29, 1.82) is 0 Å². The van der Waals surface area contributed by atoms with E-state index in [1.165, 1.54) is 64.2 Å². The molecule has 154 valence electrons. The zero-order valence-electron chi connectivity index (χ0n) is 18.5. The van der Waals surface area contributed by atoms with Crippen LogP contribution in [0.5, 0.6) is 0 Å². The van der Waals surface area contributed by atoms with Gasteiger partial charge in [-0.25, -0.2) is 0 Å². The van der Waals surface area contributed by atoms with E-state index in [0.717, 1.165) is 23.7 Å². The Labute approximate surface area is 166 Å². The molecule has 2 rings (SSSR count). The maximum Gasteiger partial charge on any atom is -0.0414 e. The van der Waals surface area contributed by atoms with Gasteiger partial charge in [0.2, 0.25) is 0 Å². The Bertz CT molecular complexity index is 272. The van der Waals surface area contributed by atoms with E-state index in [9.17, 15) is 0 Å². The average molecular weight is 363 g/mol. The predicted octanol–water partition coefficient (Wildman–Crippen LogP) is 9.32. The van der Waals surface area contributed by atoms with Gasteiger partial charge in [0.1, 0.15) is 0 Å². The van der Waals surface area contributed by atoms with Crippen molar-refractivity contribution in [2.45, 2.75) is 142 Å². The van der Waals surface area contributed by atoms with E-state index in [1.54, 1.807) is 64.2 Å². The molecule has 0 saturated heterocycles. The summed E-state index contributed by atoms with van der Waals surface area (Å²) >= 11 is 0. The summed E-state index contributed by atoms with van der Waals surface area (Å²) in [6.45, 7) is 4.66. The zero-order valence-corrected chi connectivity index (χ0v) is 18.5. The Morgan fingerprint density at radius 2 is 0.615 bits per heavy atom. The fraction of sp³-hybridized carbons (Fsp3) is 1.00. The highest BCUT2D eigenvalue weighted by atomic mass is 14.3. The molecule has 0 heterocycles. The van der Waals surface area contributed by atoms with Gasteiger partial charge in [-0.15, -0.1) is 0 Å². The first-order valence-electron chi connectivity index (χ1n) is 12.8. The Balaban J connectivity index is 1.43. The van der Waals surface area contributed by atoms with Gasteiger partial charge < -0.3 is 0 Å². The molecule has 0 unspecified atom stereocenters. The highest BCUT2D eigenvalue weighted by molar-refractivity contribution is 4.75. The lowest BCUT2D eigenvalue weighted by molar-refractivity contribution is 0.230. The van der Waals surface area contributed by atoms with Crippen LogP contribution in [-0.2, 0) is 0 Å². The summed E-state index contributed by atoms with van der Waals surface area (Å²) in [7, 11) is 0. The smallest absolute Gasteiger partial charge is 0.0414 e. The molecule has 0 nitrogen and oxygen atoms in total. The highest BCUT2D eigenvalue weighted by Crippen LogP contribution is 2.36. The molecule has 2 fully saturated rings. The predicted molar refractivity (Wildman–Crippen MR) is 118 cm³/mol. The summed E-state index contributed by atoms with van der Waals surface area (Å²) in [6.07, 6.45) is 30.3. The van der Waals surface area contributed by atoms with Gasteiger partial charge in [-0.1, -0.05) is 142 Å². The van der Waals surface area contributed by atoms with Crippen molar-refractivity contribution in [3.8, 4) is 0 Å². The van der Waals surface area contributed by atoms with Crippen molar-refractivity contribution in [3.05, 3.63) is 0 Å². The van der Waals surface area contributed by atoms with Gasteiger partial charge in [0, 0.05) is 0 Å². The van der Waals surface area contributed by atoms with Crippen LogP contribution in [0.3, 0.4) is 0 Å². The lowest BCUT2D eigenvalue weighted by atomic mass is 9.76. The zero-order chi connectivity index (χ0) is 18.5. The maximum absolute atomic E-state index is 2.33. The Morgan fingerprint density at radius 3 is 0.846 bits per heavy atom. The maximum atomic E-state index is 2.33. The highest BCUT2D eigenvalue weighted by Gasteiger charge is 2.22. The van der Waals surface area contributed by atoms with Crippen molar-refractivity contribution in [2.75, 3.05) is 0 Å². The van der Waals surface area contributed by atoms with Gasteiger partial charge in [-0.05, 0) is 23.7 Å². The van der Waals surface area contributed by atoms with E-state index >= 15 is 0 Å². The first kappa shape index (κ1) is 22.3. The molecule has 0 spiro atoms. The molecule has 2 saturated carbocycles. The Morgan fingerprint density at radius 1 is 0.385 bits per heavy atom. The van der Waals surface area contributed by atoms with E-state index in [1.807, 2.05) is 0 Å². The van der Waals surface area contributed by atoms with Gasteiger partial charge in [0.25, 0.3) is 0 Å². The van der Waals surface area contributed by atoms with Crippen LogP contribution >= 0.6 is 0 Å². The second kappa shape index (κ2) is 14.1. The van der Waals surface area contributed by atoms with Crippen LogP contribution in [0.4, 0.5) is 0 Å². The summed E-state index contributed by atoms with van der Waals surface area (Å²) in [5.41, 5.74) is 0. The van der Waals surface area contributed by atoms with Crippen molar-refractivity contribution in [1.82, 2.24) is 0 Å². The summed E-state index contributed by atoms with van der Waals surface area (Å²) in [5.74, 6) is 4.36. The Kier molecular flexibility index (Phi) is 12.1. The third kappa shape index (κ3) is 9.27. The SMILES string of the molecule is CCCCCC1CCC(CCCCC2CCC(CCCCC)CC2)CC1. The molecule has 0 aromatic carbocycles. The number of unbranched alkanes of at least 4 members (excludes halogenated alkanes) is 5. The first-order chi connectivity index (χ1) is 12.8. The van der Waals surface area contributed by atoms with Crippen molar-refractivity contribution < 1.29 is 0 Å². The molecule has 0 N–H and O–H groups in total. The monoisotopic (exact) mass is 362 g/mol. The quantitative estimate of drug-likeness (QED) is 0.286. The molecule has 0 aliphatic heterocycles. The van der Waals surface area contributed by atoms with E-state index < -0.39 is 0 Å². The van der Waals surface area contributed by atoms with Crippen molar-refractivity contribution >= 4 is 0 Å². The van der Waals surface area contributed by atoms with Crippen molar-refractivity contribution in [3.63, 3.8) is 0 Å². The number of hydrogen-bond donors (Lipinski definition) is 0. The van der Waals surface area contributed by atoms with Crippen LogP contribution in [0.15, 0.2) is 0 Å². The minimum Gasteiger partial charge on any atom is -0.0654 e. The second-order valence-corrected chi connectivity index (χ2v) is 10.0. The number of rotatable bonds is 13. The van der Waals surface area contributed by atoms with Crippen LogP contribution < -0.4 is 0 Å². The van der Waals surface area contributed by atoms with Crippen LogP contribution in [0.25, 0.3) is 0 Å². The van der Waals surface area contributed by atoms with Crippen LogP contribution in [-0.4, -0.2) is 0 Å². The molecular weight excluding hydrogens is 312 g/mol. The first-order valence-corrected chi connectivity index (χ1v) is 12.8. The third-order valence-electron chi connectivity index (χ3n) is 7.84. The lowest BCUT2D eigenvalue weighted by Gasteiger charge is -2.30. The van der Waals surface area contributed by atoms with Crippen LogP contribution in [0, 0.1) is 23.7 Å². The molecule has 2 aliphatic rings. The molecule has 26 heavy (non-hydrogen) atoms. The van der Waals surface area contributed by atoms with Gasteiger partial charge in [-0.3, -0.25) is 0 Å². The standard InChI is InChI=1S/C26H50/c1-3-5-7-11-23-15-19-25(20-16-23)13-9-10-14-26-21-17-24(18-22-26)12-8-6-4-2/h23-26H,3-22H2,1-2H3. The molecule has 0 radical (unpaired) electrons. The molecule has 0 heteroatoms. The fourth-order valence-corrected chi connectivity index (χ4v) is 5.85. The van der Waals surface area contributed by atoms with Gasteiger partial charge in [-0.2, -0.15) is 0 Å². The van der Waals surface area contributed by atoms with Gasteiger partial charge >= 0.3 is 0 Å². The molecule has 0 amide bonds. The van der Waals surface area contributed by atoms with Crippen LogP contribution in [0.2, 0.25) is 0 Å². The van der Waals surface area contributed by atoms with E-state index in [4.69, 9.17) is 0 Å². The van der Waals surface area contributed by atoms with Gasteiger partial charge in [0.15, 0.2) is 0 Å². The topological polar surface area (TPSA) is 0 Å². The van der Waals surface area contributed by atoms with Crippen LogP contribution in [0.1, 0.15) is 142 Å². The molecule has 0 aromatic rings. The molecule has 0 atom stereocenters. The second-order valence-electron chi connectivity index (χ2n) is 10.0. The fourth-order valence-electron chi connectivity index (χ4n) is 5.85. The normalized spacial score (nSPS) is 29.8. The van der Waals surface area contributed by atoms with E-state index in [0.29, 0.717) is 0 Å². The minimum atomic E-state index is 1.09. The van der Waals surface area contributed by atoms with Crippen molar-refractivity contribution in [2.24, 2.45) is 23.7 Å². The average Bonchev–Trinajstić information content (AvgIpc) is 2.68. The lowest BCUT2D eigenvalue weighted by Crippen LogP contribution is -2.15. The van der Waals surface area contributed by atoms with Gasteiger partial charge in [0.05, 0.1) is 0 Å². The summed E-state index contributed by atoms with van der Waals surface area (Å²) in [5, 5.41) is 0. The molecule has 0 aromatic heterocycles. The van der Waals surface area contributed by atoms with E-state index in [-0.39, 0.29) is 0 Å². The minimum absolute atomic E-state index is 1.09. The number of hydrogen-bond acceptors (Lipinski definition) is 0. The largest absolute Gasteiger partial charge is 0.0654 e. The molecular formula is C26H50. The Hall–Kier alpha value is 0. The summed E-state index contributed by atoms with van der Waals surface area (Å²) < 4.78 is 0. The third-order valence-corrected chi connectivity index (χ3v) is 7.84. The van der Waals surface area contributed by atoms with E-state index in [2.05, 4.69) is 13.8 Å². The summed E-state index contributed by atoms with van der Waals surface area (Å²) in [4.78, 5) is 0. The molecule has 0 bridgehead atoms.